The summed E-state index contributed by atoms with van der Waals surface area (Å²) in [5.41, 5.74) is 0.963. The summed E-state index contributed by atoms with van der Waals surface area (Å²) in [6.45, 7) is 0.798. The monoisotopic (exact) mass is 391 g/mol. The van der Waals surface area contributed by atoms with Crippen molar-refractivity contribution in [2.75, 3.05) is 26.4 Å². The van der Waals surface area contributed by atoms with Crippen LogP contribution in [-0.2, 0) is 16.0 Å². The van der Waals surface area contributed by atoms with Crippen molar-refractivity contribution in [3.8, 4) is 11.8 Å². The van der Waals surface area contributed by atoms with Gasteiger partial charge in [-0.3, -0.25) is 4.79 Å². The zero-order valence-corrected chi connectivity index (χ0v) is 16.1. The number of piperidine rings is 1. The maximum atomic E-state index is 12.2. The Kier molecular flexibility index (Phi) is 9.37. The molecular weight excluding hydrogens is 366 g/mol. The van der Waals surface area contributed by atoms with E-state index in [9.17, 15) is 9.90 Å². The van der Waals surface area contributed by atoms with Crippen molar-refractivity contribution >= 4 is 17.5 Å². The summed E-state index contributed by atoms with van der Waals surface area (Å²) in [4.78, 5) is 14.0. The van der Waals surface area contributed by atoms with Crippen LogP contribution in [0.3, 0.4) is 0 Å². The summed E-state index contributed by atoms with van der Waals surface area (Å²) in [7, 11) is 0. The highest BCUT2D eigenvalue weighted by Gasteiger charge is 2.25. The molecular formula is C21H26ClNO4. The lowest BCUT2D eigenvalue weighted by atomic mass is 9.99. The first-order chi connectivity index (χ1) is 13.1. The molecule has 0 bridgehead atoms. The van der Waals surface area contributed by atoms with E-state index in [0.29, 0.717) is 24.4 Å². The van der Waals surface area contributed by atoms with Gasteiger partial charge < -0.3 is 19.8 Å². The number of carbonyl (C=O) groups excluding carboxylic acids is 1. The first-order valence-electron chi connectivity index (χ1n) is 9.14. The van der Waals surface area contributed by atoms with Gasteiger partial charge in [-0.15, -0.1) is 0 Å². The third-order valence-corrected chi connectivity index (χ3v) is 4.52. The van der Waals surface area contributed by atoms with Crippen LogP contribution in [0.15, 0.2) is 36.4 Å². The smallest absolute Gasteiger partial charge is 0.223 e. The number of ether oxygens (including phenoxy) is 1. The van der Waals surface area contributed by atoms with Crippen LogP contribution >= 0.6 is 11.6 Å². The van der Waals surface area contributed by atoms with Crippen LogP contribution in [0.1, 0.15) is 24.8 Å². The molecule has 0 aromatic heterocycles. The molecule has 2 N–H and O–H groups in total. The molecule has 1 aromatic rings. The van der Waals surface area contributed by atoms with Crippen LogP contribution < -0.4 is 0 Å². The van der Waals surface area contributed by atoms with Crippen molar-refractivity contribution in [1.82, 2.24) is 4.90 Å². The normalized spacial score (nSPS) is 18.4. The predicted octanol–water partition coefficient (Wildman–Crippen LogP) is 2.19. The van der Waals surface area contributed by atoms with Crippen LogP contribution in [0, 0.1) is 11.8 Å². The van der Waals surface area contributed by atoms with E-state index in [1.165, 1.54) is 0 Å². The Morgan fingerprint density at radius 3 is 3.04 bits per heavy atom. The van der Waals surface area contributed by atoms with Crippen molar-refractivity contribution in [3.05, 3.63) is 47.0 Å². The third kappa shape index (κ3) is 7.74. The highest BCUT2D eigenvalue weighted by molar-refractivity contribution is 6.30. The average molecular weight is 392 g/mol. The Labute approximate surface area is 165 Å². The van der Waals surface area contributed by atoms with E-state index < -0.39 is 6.10 Å². The molecule has 0 radical (unpaired) electrons. The molecule has 5 nitrogen and oxygen atoms in total. The van der Waals surface area contributed by atoms with Crippen LogP contribution in [0.25, 0.3) is 0 Å². The SMILES string of the molecule is O=C1CCCC(C=C[C@H](O)Cc2cccc(Cl)c2)N1CC#CCOCCO. The number of carbonyl (C=O) groups is 1. The van der Waals surface area contributed by atoms with E-state index in [-0.39, 0.29) is 31.8 Å². The van der Waals surface area contributed by atoms with Gasteiger partial charge in [-0.05, 0) is 30.5 Å². The zero-order valence-electron chi connectivity index (χ0n) is 15.3. The summed E-state index contributed by atoms with van der Waals surface area (Å²) in [6.07, 6.45) is 5.69. The molecule has 0 saturated carbocycles. The lowest BCUT2D eigenvalue weighted by Gasteiger charge is -2.32. The second kappa shape index (κ2) is 11.8. The maximum absolute atomic E-state index is 12.2. The Morgan fingerprint density at radius 2 is 2.26 bits per heavy atom. The molecule has 1 heterocycles. The van der Waals surface area contributed by atoms with Gasteiger partial charge in [-0.1, -0.05) is 47.7 Å². The maximum Gasteiger partial charge on any atom is 0.223 e. The number of likely N-dealkylation sites (tertiary alicyclic amines) is 1. The van der Waals surface area contributed by atoms with Crippen LogP contribution in [0.4, 0.5) is 0 Å². The number of rotatable bonds is 8. The zero-order chi connectivity index (χ0) is 19.5. The minimum atomic E-state index is -0.639. The molecule has 146 valence electrons. The molecule has 1 amide bonds. The fourth-order valence-electron chi connectivity index (χ4n) is 2.96. The Bertz CT molecular complexity index is 695. The number of amides is 1. The van der Waals surface area contributed by atoms with Gasteiger partial charge in [0.25, 0.3) is 0 Å². The van der Waals surface area contributed by atoms with Gasteiger partial charge in [-0.25, -0.2) is 0 Å². The number of hydrogen-bond acceptors (Lipinski definition) is 4. The molecule has 2 rings (SSSR count). The minimum absolute atomic E-state index is 0.0311. The fourth-order valence-corrected chi connectivity index (χ4v) is 3.18. The quantitative estimate of drug-likeness (QED) is 0.405. The van der Waals surface area contributed by atoms with Gasteiger partial charge in [0.1, 0.15) is 6.61 Å². The van der Waals surface area contributed by atoms with Crippen LogP contribution in [0.2, 0.25) is 5.02 Å². The highest BCUT2D eigenvalue weighted by Crippen LogP contribution is 2.19. The molecule has 1 fully saturated rings. The predicted molar refractivity (Wildman–Crippen MR) is 105 cm³/mol. The van der Waals surface area contributed by atoms with Gasteiger partial charge in [0.15, 0.2) is 0 Å². The average Bonchev–Trinajstić information content (AvgIpc) is 2.64. The van der Waals surface area contributed by atoms with Crippen molar-refractivity contribution < 1.29 is 19.7 Å². The minimum Gasteiger partial charge on any atom is -0.394 e. The van der Waals surface area contributed by atoms with Crippen molar-refractivity contribution in [3.63, 3.8) is 0 Å². The second-order valence-corrected chi connectivity index (χ2v) is 6.83. The number of benzene rings is 1. The molecule has 1 unspecified atom stereocenters. The molecule has 1 aliphatic heterocycles. The highest BCUT2D eigenvalue weighted by atomic mass is 35.5. The number of hydrogen-bond donors (Lipinski definition) is 2. The lowest BCUT2D eigenvalue weighted by molar-refractivity contribution is -0.134. The summed E-state index contributed by atoms with van der Waals surface area (Å²) in [5, 5.41) is 19.6. The Hall–Kier alpha value is -1.84. The van der Waals surface area contributed by atoms with E-state index in [1.807, 2.05) is 24.3 Å². The molecule has 1 aliphatic rings. The molecule has 0 spiro atoms. The number of aliphatic hydroxyl groups is 2. The van der Waals surface area contributed by atoms with Gasteiger partial charge in [0.2, 0.25) is 5.91 Å². The number of aliphatic hydroxyl groups excluding tert-OH is 2. The lowest BCUT2D eigenvalue weighted by Crippen LogP contribution is -2.42. The second-order valence-electron chi connectivity index (χ2n) is 6.40. The fraction of sp³-hybridized carbons (Fsp3) is 0.476. The third-order valence-electron chi connectivity index (χ3n) is 4.28. The van der Waals surface area contributed by atoms with E-state index in [4.69, 9.17) is 21.4 Å². The molecule has 1 aromatic carbocycles. The summed E-state index contributed by atoms with van der Waals surface area (Å²) in [6, 6.07) is 7.36. The molecule has 6 heteroatoms. The van der Waals surface area contributed by atoms with Crippen LogP contribution in [0.5, 0.6) is 0 Å². The number of nitrogens with zero attached hydrogens (tertiary/aromatic N) is 1. The first-order valence-corrected chi connectivity index (χ1v) is 9.52. The molecule has 1 saturated heterocycles. The van der Waals surface area contributed by atoms with Crippen molar-refractivity contribution in [1.29, 1.82) is 0 Å². The first kappa shape index (κ1) is 21.5. The Balaban J connectivity index is 1.90. The van der Waals surface area contributed by atoms with Crippen molar-refractivity contribution in [2.45, 2.75) is 37.8 Å². The van der Waals surface area contributed by atoms with Gasteiger partial charge in [0, 0.05) is 17.9 Å². The largest absolute Gasteiger partial charge is 0.394 e. The van der Waals surface area contributed by atoms with E-state index in [0.717, 1.165) is 18.4 Å². The summed E-state index contributed by atoms with van der Waals surface area (Å²) >= 11 is 5.97. The van der Waals surface area contributed by atoms with Gasteiger partial charge >= 0.3 is 0 Å². The summed E-state index contributed by atoms with van der Waals surface area (Å²) < 4.78 is 5.09. The summed E-state index contributed by atoms with van der Waals surface area (Å²) in [5.74, 6) is 5.87. The number of halogens is 1. The van der Waals surface area contributed by atoms with E-state index in [2.05, 4.69) is 11.8 Å². The molecule has 2 atom stereocenters. The Morgan fingerprint density at radius 1 is 1.41 bits per heavy atom. The standard InChI is InChI=1S/C21H26ClNO4/c22-18-6-3-5-17(15-18)16-20(25)10-9-19-7-4-8-21(26)23(19)11-1-2-13-27-14-12-24/h3,5-6,9-10,15,19-20,24-25H,4,7-8,11-14,16H2/t19?,20-/m0/s1. The van der Waals surface area contributed by atoms with E-state index >= 15 is 0 Å². The van der Waals surface area contributed by atoms with Crippen molar-refractivity contribution in [2.24, 2.45) is 0 Å². The topological polar surface area (TPSA) is 70.0 Å². The molecule has 0 aliphatic carbocycles. The molecule has 27 heavy (non-hydrogen) atoms. The van der Waals surface area contributed by atoms with Crippen LogP contribution in [-0.4, -0.2) is 59.5 Å². The van der Waals surface area contributed by atoms with E-state index in [1.54, 1.807) is 17.0 Å². The van der Waals surface area contributed by atoms with Gasteiger partial charge in [0.05, 0.1) is 31.9 Å². The van der Waals surface area contributed by atoms with Gasteiger partial charge in [-0.2, -0.15) is 0 Å².